The van der Waals surface area contributed by atoms with Crippen LogP contribution < -0.4 is 0 Å². The molecular formula is C18H32O5. The van der Waals surface area contributed by atoms with Crippen LogP contribution in [0, 0.1) is 0 Å². The quantitative estimate of drug-likeness (QED) is 0.132. The minimum Gasteiger partial charge on any atom is -0.478 e. The number of carboxylic acids is 1. The zero-order chi connectivity index (χ0) is 17.2. The van der Waals surface area contributed by atoms with Gasteiger partial charge in [-0.1, -0.05) is 68.7 Å². The molecule has 0 rings (SSSR count). The van der Waals surface area contributed by atoms with Crippen molar-refractivity contribution in [3.05, 3.63) is 24.3 Å². The molecule has 0 aliphatic heterocycles. The van der Waals surface area contributed by atoms with Crippen LogP contribution in [0.1, 0.15) is 77.6 Å². The fourth-order valence-corrected chi connectivity index (χ4v) is 2.31. The molecule has 0 aliphatic rings. The molecule has 0 aromatic rings. The van der Waals surface area contributed by atoms with Crippen LogP contribution >= 0.6 is 0 Å². The Morgan fingerprint density at radius 2 is 1.65 bits per heavy atom. The van der Waals surface area contributed by atoms with Crippen molar-refractivity contribution in [3.63, 3.8) is 0 Å². The van der Waals surface area contributed by atoms with Crippen molar-refractivity contribution in [2.45, 2.75) is 83.7 Å². The summed E-state index contributed by atoms with van der Waals surface area (Å²) in [4.78, 5) is 15.1. The van der Waals surface area contributed by atoms with Gasteiger partial charge >= 0.3 is 5.97 Å². The van der Waals surface area contributed by atoms with Crippen LogP contribution in [-0.2, 0) is 14.7 Å². The number of carboxylic acid groups (broad SMARTS) is 1. The molecule has 0 aromatic carbocycles. The predicted molar refractivity (Wildman–Crippen MR) is 91.0 cm³/mol. The van der Waals surface area contributed by atoms with Gasteiger partial charge in [-0.15, -0.1) is 0 Å². The maximum Gasteiger partial charge on any atom is 0.327 e. The maximum absolute atomic E-state index is 10.3. The smallest absolute Gasteiger partial charge is 0.327 e. The summed E-state index contributed by atoms with van der Waals surface area (Å²) >= 11 is 0. The lowest BCUT2D eigenvalue weighted by Crippen LogP contribution is -2.09. The van der Waals surface area contributed by atoms with E-state index in [4.69, 9.17) is 15.3 Å². The first-order valence-electron chi connectivity index (χ1n) is 8.73. The Balaban J connectivity index is 3.70. The van der Waals surface area contributed by atoms with Crippen LogP contribution in [-0.4, -0.2) is 22.4 Å². The second-order valence-electron chi connectivity index (χ2n) is 5.72. The summed E-state index contributed by atoms with van der Waals surface area (Å²) in [5, 5.41) is 20.7. The van der Waals surface area contributed by atoms with E-state index < -0.39 is 5.97 Å². The van der Waals surface area contributed by atoms with Gasteiger partial charge in [-0.3, -0.25) is 0 Å². The number of hydrogen-bond acceptors (Lipinski definition) is 4. The summed E-state index contributed by atoms with van der Waals surface area (Å²) in [5.41, 5.74) is 0. The number of rotatable bonds is 16. The number of hydrogen-bond donors (Lipinski definition) is 2. The number of carbonyl (C=O) groups is 1. The lowest BCUT2D eigenvalue weighted by atomic mass is 10.1. The van der Waals surface area contributed by atoms with Crippen LogP contribution in [0.15, 0.2) is 24.3 Å². The molecular weight excluding hydrogens is 296 g/mol. The van der Waals surface area contributed by atoms with E-state index in [1.807, 2.05) is 6.08 Å². The Labute approximate surface area is 139 Å². The van der Waals surface area contributed by atoms with E-state index in [9.17, 15) is 4.79 Å². The predicted octanol–water partition coefficient (Wildman–Crippen LogP) is 5.28. The van der Waals surface area contributed by atoms with Crippen molar-refractivity contribution >= 4 is 5.97 Å². The lowest BCUT2D eigenvalue weighted by molar-refractivity contribution is -0.501. The zero-order valence-electron chi connectivity index (χ0n) is 14.3. The van der Waals surface area contributed by atoms with Crippen LogP contribution in [0.2, 0.25) is 0 Å². The van der Waals surface area contributed by atoms with Crippen molar-refractivity contribution in [3.8, 4) is 0 Å². The minimum absolute atomic E-state index is 0.231. The topological polar surface area (TPSA) is 76.0 Å². The Kier molecular flexibility index (Phi) is 16.3. The molecule has 0 spiro atoms. The average Bonchev–Trinajstić information content (AvgIpc) is 2.52. The van der Waals surface area contributed by atoms with Gasteiger partial charge in [0.05, 0.1) is 0 Å². The van der Waals surface area contributed by atoms with Gasteiger partial charge < -0.3 is 5.11 Å². The van der Waals surface area contributed by atoms with Crippen LogP contribution in [0.4, 0.5) is 0 Å². The molecule has 1 unspecified atom stereocenters. The molecule has 1 atom stereocenters. The molecule has 0 amide bonds. The Hall–Kier alpha value is -1.17. The maximum atomic E-state index is 10.3. The van der Waals surface area contributed by atoms with E-state index >= 15 is 0 Å². The van der Waals surface area contributed by atoms with E-state index in [0.29, 0.717) is 0 Å². The minimum atomic E-state index is -0.904. The largest absolute Gasteiger partial charge is 0.478 e. The van der Waals surface area contributed by atoms with E-state index in [1.54, 1.807) is 6.08 Å². The third-order valence-electron chi connectivity index (χ3n) is 3.61. The highest BCUT2D eigenvalue weighted by Gasteiger charge is 2.05. The Morgan fingerprint density at radius 3 is 2.30 bits per heavy atom. The van der Waals surface area contributed by atoms with Crippen LogP contribution in [0.25, 0.3) is 0 Å². The van der Waals surface area contributed by atoms with Gasteiger partial charge in [0.25, 0.3) is 0 Å². The summed E-state index contributed by atoms with van der Waals surface area (Å²) in [6.07, 6.45) is 18.4. The van der Waals surface area contributed by atoms with Gasteiger partial charge in [-0.2, -0.15) is 4.89 Å². The van der Waals surface area contributed by atoms with Gasteiger partial charge in [0, 0.05) is 6.08 Å². The summed E-state index contributed by atoms with van der Waals surface area (Å²) < 4.78 is 0. The number of unbranched alkanes of at least 4 members (excludes halogenated alkanes) is 8. The first-order chi connectivity index (χ1) is 11.2. The molecule has 0 heterocycles. The van der Waals surface area contributed by atoms with E-state index in [-0.39, 0.29) is 6.10 Å². The first-order valence-corrected chi connectivity index (χ1v) is 8.73. The average molecular weight is 328 g/mol. The summed E-state index contributed by atoms with van der Waals surface area (Å²) in [5.74, 6) is -0.904. The molecule has 2 N–H and O–H groups in total. The zero-order valence-corrected chi connectivity index (χ0v) is 14.3. The second-order valence-corrected chi connectivity index (χ2v) is 5.72. The van der Waals surface area contributed by atoms with Crippen molar-refractivity contribution in [1.82, 2.24) is 0 Å². The highest BCUT2D eigenvalue weighted by Crippen LogP contribution is 2.12. The van der Waals surface area contributed by atoms with Crippen molar-refractivity contribution in [2.75, 3.05) is 0 Å². The van der Waals surface area contributed by atoms with E-state index in [0.717, 1.165) is 38.5 Å². The van der Waals surface area contributed by atoms with Gasteiger partial charge in [0.2, 0.25) is 0 Å². The lowest BCUT2D eigenvalue weighted by Gasteiger charge is -2.09. The van der Waals surface area contributed by atoms with E-state index in [2.05, 4.69) is 18.0 Å². The first kappa shape index (κ1) is 21.8. The Morgan fingerprint density at radius 1 is 1.00 bits per heavy atom. The van der Waals surface area contributed by atoms with Crippen molar-refractivity contribution in [2.24, 2.45) is 0 Å². The van der Waals surface area contributed by atoms with Gasteiger partial charge in [0.1, 0.15) is 6.10 Å². The molecule has 0 saturated heterocycles. The molecule has 0 aromatic heterocycles. The fraction of sp³-hybridized carbons (Fsp3) is 0.722. The van der Waals surface area contributed by atoms with Crippen molar-refractivity contribution in [1.29, 1.82) is 0 Å². The Bertz CT molecular complexity index is 325. The molecule has 5 nitrogen and oxygen atoms in total. The van der Waals surface area contributed by atoms with Crippen LogP contribution in [0.3, 0.4) is 0 Å². The molecule has 5 heteroatoms. The monoisotopic (exact) mass is 328 g/mol. The molecule has 0 saturated carbocycles. The molecule has 0 fully saturated rings. The molecule has 23 heavy (non-hydrogen) atoms. The second kappa shape index (κ2) is 17.2. The normalized spacial score (nSPS) is 13.1. The van der Waals surface area contributed by atoms with E-state index in [1.165, 1.54) is 38.2 Å². The van der Waals surface area contributed by atoms with Crippen LogP contribution in [0.5, 0.6) is 0 Å². The third-order valence-corrected chi connectivity index (χ3v) is 3.61. The van der Waals surface area contributed by atoms with Gasteiger partial charge in [-0.25, -0.2) is 10.1 Å². The summed E-state index contributed by atoms with van der Waals surface area (Å²) in [6.45, 7) is 2.21. The highest BCUT2D eigenvalue weighted by molar-refractivity contribution is 5.79. The van der Waals surface area contributed by atoms with Gasteiger partial charge in [-0.05, 0) is 32.1 Å². The number of aliphatic carboxylic acids is 1. The number of allylic oxidation sites excluding steroid dienone is 2. The molecule has 134 valence electrons. The highest BCUT2D eigenvalue weighted by atomic mass is 17.5. The van der Waals surface area contributed by atoms with Crippen molar-refractivity contribution < 1.29 is 25.1 Å². The SMILES string of the molecule is CCCCCCC/C=C/C(CCCCC/C=C/C(=O)O)OOO. The fourth-order valence-electron chi connectivity index (χ4n) is 2.31. The standard InChI is InChI=1S/C18H32O5/c1-2-3-4-5-6-8-11-14-17(22-23-21)15-12-9-7-10-13-16-18(19)20/h11,13-14,16-17,21H,2-10,12,15H2,1H3,(H,19,20)/b14-11+,16-13+. The van der Waals surface area contributed by atoms with Gasteiger partial charge in [0.15, 0.2) is 0 Å². The third kappa shape index (κ3) is 17.0. The summed E-state index contributed by atoms with van der Waals surface area (Å²) in [6, 6.07) is 0. The summed E-state index contributed by atoms with van der Waals surface area (Å²) in [7, 11) is 0. The molecule has 0 bridgehead atoms. The molecule has 0 aliphatic carbocycles. The molecule has 0 radical (unpaired) electrons.